The van der Waals surface area contributed by atoms with E-state index in [4.69, 9.17) is 0 Å². The number of hydrogen-bond acceptors (Lipinski definition) is 6. The average Bonchev–Trinajstić information content (AvgIpc) is 3.09. The topological polar surface area (TPSA) is 97.6 Å². The summed E-state index contributed by atoms with van der Waals surface area (Å²) >= 11 is 0. The number of carbonyl (C=O) groups excluding carboxylic acids is 1. The van der Waals surface area contributed by atoms with Gasteiger partial charge in [0.1, 0.15) is 0 Å². The first-order valence-electron chi connectivity index (χ1n) is 9.44. The molecule has 29 heavy (non-hydrogen) atoms. The largest absolute Gasteiger partial charge is 0.317 e. The van der Waals surface area contributed by atoms with Crippen LogP contribution in [0.2, 0.25) is 0 Å². The van der Waals surface area contributed by atoms with Crippen molar-refractivity contribution in [2.45, 2.75) is 25.7 Å². The van der Waals surface area contributed by atoms with Gasteiger partial charge in [0.2, 0.25) is 5.95 Å². The molecule has 9 heteroatoms. The standard InChI is InChI=1S/C20H23N7O.ClH/c1-13-16(12-22-17(23-13)14-6-4-3-5-7-14)19(28)25-20-24-18(26-27(20)2)15-8-10-21-11-9-15;/h3-7,12,15,21H,8-11H2,1-2H3,(H,24,25,26,28);1H. The Morgan fingerprint density at radius 2 is 1.90 bits per heavy atom. The van der Waals surface area contributed by atoms with Crippen molar-refractivity contribution in [3.63, 3.8) is 0 Å². The van der Waals surface area contributed by atoms with E-state index < -0.39 is 0 Å². The molecule has 1 fully saturated rings. The van der Waals surface area contributed by atoms with Gasteiger partial charge in [0, 0.05) is 24.7 Å². The predicted octanol–water partition coefficient (Wildman–Crippen LogP) is 2.72. The molecule has 1 aromatic carbocycles. The van der Waals surface area contributed by atoms with Crippen molar-refractivity contribution in [2.24, 2.45) is 7.05 Å². The van der Waals surface area contributed by atoms with E-state index in [9.17, 15) is 4.79 Å². The summed E-state index contributed by atoms with van der Waals surface area (Å²) in [5.74, 6) is 1.86. The Hall–Kier alpha value is -2.84. The van der Waals surface area contributed by atoms with E-state index in [2.05, 4.69) is 30.7 Å². The zero-order valence-electron chi connectivity index (χ0n) is 16.4. The summed E-state index contributed by atoms with van der Waals surface area (Å²) in [4.78, 5) is 26.1. The average molecular weight is 414 g/mol. The zero-order chi connectivity index (χ0) is 19.5. The molecule has 2 N–H and O–H groups in total. The van der Waals surface area contributed by atoms with Crippen LogP contribution in [0.15, 0.2) is 36.5 Å². The molecular weight excluding hydrogens is 390 g/mol. The number of aromatic nitrogens is 5. The van der Waals surface area contributed by atoms with Crippen LogP contribution in [0.4, 0.5) is 5.95 Å². The molecule has 0 atom stereocenters. The van der Waals surface area contributed by atoms with Gasteiger partial charge in [-0.25, -0.2) is 14.6 Å². The third-order valence-electron chi connectivity index (χ3n) is 4.97. The smallest absolute Gasteiger partial charge is 0.261 e. The molecule has 2 aromatic heterocycles. The summed E-state index contributed by atoms with van der Waals surface area (Å²) in [7, 11) is 1.79. The molecule has 0 spiro atoms. The van der Waals surface area contributed by atoms with Crippen molar-refractivity contribution in [1.29, 1.82) is 0 Å². The first-order chi connectivity index (χ1) is 13.6. The van der Waals surface area contributed by atoms with Crippen molar-refractivity contribution in [2.75, 3.05) is 18.4 Å². The highest BCUT2D eigenvalue weighted by molar-refractivity contribution is 6.04. The fraction of sp³-hybridized carbons (Fsp3) is 0.350. The molecule has 8 nitrogen and oxygen atoms in total. The van der Waals surface area contributed by atoms with Crippen LogP contribution in [0.3, 0.4) is 0 Å². The number of anilines is 1. The molecule has 1 aliphatic rings. The van der Waals surface area contributed by atoms with Gasteiger partial charge in [-0.1, -0.05) is 30.3 Å². The molecule has 0 unspecified atom stereocenters. The van der Waals surface area contributed by atoms with Crippen LogP contribution in [0.5, 0.6) is 0 Å². The number of piperidine rings is 1. The Bertz CT molecular complexity index is 984. The molecule has 1 aliphatic heterocycles. The van der Waals surface area contributed by atoms with Crippen molar-refractivity contribution in [3.05, 3.63) is 53.6 Å². The molecule has 152 valence electrons. The maximum Gasteiger partial charge on any atom is 0.261 e. The van der Waals surface area contributed by atoms with E-state index in [1.807, 2.05) is 30.3 Å². The second-order valence-electron chi connectivity index (χ2n) is 6.95. The van der Waals surface area contributed by atoms with Crippen LogP contribution < -0.4 is 10.6 Å². The Morgan fingerprint density at radius 3 is 2.59 bits per heavy atom. The third kappa shape index (κ3) is 4.60. The van der Waals surface area contributed by atoms with Gasteiger partial charge in [-0.15, -0.1) is 12.4 Å². The SMILES string of the molecule is Cc1nc(-c2ccccc2)ncc1C(=O)Nc1nc(C2CCNCC2)nn1C.Cl. The monoisotopic (exact) mass is 413 g/mol. The summed E-state index contributed by atoms with van der Waals surface area (Å²) in [6, 6.07) is 9.69. The third-order valence-corrected chi connectivity index (χ3v) is 4.97. The van der Waals surface area contributed by atoms with Crippen molar-refractivity contribution in [1.82, 2.24) is 30.0 Å². The summed E-state index contributed by atoms with van der Waals surface area (Å²) in [6.07, 6.45) is 3.57. The van der Waals surface area contributed by atoms with E-state index in [1.165, 1.54) is 0 Å². The van der Waals surface area contributed by atoms with E-state index >= 15 is 0 Å². The minimum Gasteiger partial charge on any atom is -0.317 e. The van der Waals surface area contributed by atoms with Gasteiger partial charge in [-0.2, -0.15) is 10.1 Å². The maximum absolute atomic E-state index is 12.7. The van der Waals surface area contributed by atoms with Gasteiger partial charge in [-0.3, -0.25) is 10.1 Å². The normalized spacial score (nSPS) is 14.3. The quantitative estimate of drug-likeness (QED) is 0.682. The van der Waals surface area contributed by atoms with Crippen LogP contribution in [-0.2, 0) is 7.05 Å². The van der Waals surface area contributed by atoms with Gasteiger partial charge in [0.25, 0.3) is 5.91 Å². The van der Waals surface area contributed by atoms with Gasteiger partial charge in [0.15, 0.2) is 11.6 Å². The minimum absolute atomic E-state index is 0. The molecule has 4 rings (SSSR count). The van der Waals surface area contributed by atoms with E-state index in [-0.39, 0.29) is 18.3 Å². The van der Waals surface area contributed by atoms with E-state index in [0.29, 0.717) is 28.9 Å². The Balaban J connectivity index is 0.00000240. The van der Waals surface area contributed by atoms with Crippen molar-refractivity contribution in [3.8, 4) is 11.4 Å². The number of halogens is 1. The number of carbonyl (C=O) groups is 1. The number of rotatable bonds is 4. The lowest BCUT2D eigenvalue weighted by Crippen LogP contribution is -2.27. The number of hydrogen-bond donors (Lipinski definition) is 2. The summed E-state index contributed by atoms with van der Waals surface area (Å²) < 4.78 is 1.61. The number of nitrogens with zero attached hydrogens (tertiary/aromatic N) is 5. The summed E-state index contributed by atoms with van der Waals surface area (Å²) in [6.45, 7) is 3.74. The molecule has 0 aliphatic carbocycles. The lowest BCUT2D eigenvalue weighted by atomic mass is 9.98. The second-order valence-corrected chi connectivity index (χ2v) is 6.95. The molecule has 3 aromatic rings. The summed E-state index contributed by atoms with van der Waals surface area (Å²) in [5.41, 5.74) is 1.95. The maximum atomic E-state index is 12.7. The second kappa shape index (κ2) is 9.11. The molecule has 0 saturated carbocycles. The van der Waals surface area contributed by atoms with Gasteiger partial charge in [0.05, 0.1) is 11.3 Å². The first kappa shape index (κ1) is 20.9. The minimum atomic E-state index is -0.288. The van der Waals surface area contributed by atoms with Crippen LogP contribution in [0, 0.1) is 6.92 Å². The molecule has 3 heterocycles. The number of aryl methyl sites for hydroxylation is 2. The van der Waals surface area contributed by atoms with Crippen LogP contribution in [-0.4, -0.2) is 43.7 Å². The van der Waals surface area contributed by atoms with Crippen molar-refractivity contribution >= 4 is 24.3 Å². The van der Waals surface area contributed by atoms with Gasteiger partial charge < -0.3 is 5.32 Å². The molecule has 0 radical (unpaired) electrons. The first-order valence-corrected chi connectivity index (χ1v) is 9.44. The zero-order valence-corrected chi connectivity index (χ0v) is 17.2. The molecule has 1 saturated heterocycles. The highest BCUT2D eigenvalue weighted by Crippen LogP contribution is 2.23. The van der Waals surface area contributed by atoms with Crippen LogP contribution >= 0.6 is 12.4 Å². The highest BCUT2D eigenvalue weighted by atomic mass is 35.5. The Labute approximate surface area is 175 Å². The van der Waals surface area contributed by atoms with Crippen molar-refractivity contribution < 1.29 is 4.79 Å². The number of amides is 1. The van der Waals surface area contributed by atoms with Crippen LogP contribution in [0.25, 0.3) is 11.4 Å². The molecule has 0 bridgehead atoms. The molecular formula is C20H24ClN7O. The van der Waals surface area contributed by atoms with Gasteiger partial charge >= 0.3 is 0 Å². The Morgan fingerprint density at radius 1 is 1.17 bits per heavy atom. The van der Waals surface area contributed by atoms with E-state index in [0.717, 1.165) is 37.3 Å². The highest BCUT2D eigenvalue weighted by Gasteiger charge is 2.22. The summed E-state index contributed by atoms with van der Waals surface area (Å²) in [5, 5.41) is 10.7. The number of benzene rings is 1. The Kier molecular flexibility index (Phi) is 6.56. The lowest BCUT2D eigenvalue weighted by Gasteiger charge is -2.19. The molecule has 1 amide bonds. The predicted molar refractivity (Wildman–Crippen MR) is 113 cm³/mol. The number of nitrogens with one attached hydrogen (secondary N) is 2. The van der Waals surface area contributed by atoms with Crippen LogP contribution in [0.1, 0.15) is 40.6 Å². The fourth-order valence-electron chi connectivity index (χ4n) is 3.35. The van der Waals surface area contributed by atoms with Gasteiger partial charge in [-0.05, 0) is 32.9 Å². The van der Waals surface area contributed by atoms with E-state index in [1.54, 1.807) is 24.9 Å². The lowest BCUT2D eigenvalue weighted by molar-refractivity contribution is 0.102. The fourth-order valence-corrected chi connectivity index (χ4v) is 3.35.